The zero-order chi connectivity index (χ0) is 14.8. The van der Waals surface area contributed by atoms with E-state index in [1.54, 1.807) is 7.11 Å². The Bertz CT molecular complexity index is 767. The van der Waals surface area contributed by atoms with Gasteiger partial charge in [0.1, 0.15) is 11.3 Å². The van der Waals surface area contributed by atoms with Gasteiger partial charge in [-0.3, -0.25) is 0 Å². The fourth-order valence-corrected chi connectivity index (χ4v) is 2.23. The molecule has 0 atom stereocenters. The van der Waals surface area contributed by atoms with Crippen LogP contribution in [0.3, 0.4) is 0 Å². The molecule has 3 rings (SSSR count). The van der Waals surface area contributed by atoms with Gasteiger partial charge in [0, 0.05) is 13.6 Å². The Balaban J connectivity index is 1.86. The highest BCUT2D eigenvalue weighted by atomic mass is 16.5. The summed E-state index contributed by atoms with van der Waals surface area (Å²) < 4.78 is 11.0. The minimum atomic E-state index is 0.547. The van der Waals surface area contributed by atoms with Gasteiger partial charge < -0.3 is 19.8 Å². The maximum Gasteiger partial charge on any atom is 0.298 e. The minimum absolute atomic E-state index is 0.547. The van der Waals surface area contributed by atoms with Crippen LogP contribution >= 0.6 is 0 Å². The molecule has 0 radical (unpaired) electrons. The van der Waals surface area contributed by atoms with Gasteiger partial charge in [0.15, 0.2) is 5.58 Å². The lowest BCUT2D eigenvalue weighted by Gasteiger charge is -2.14. The van der Waals surface area contributed by atoms with Gasteiger partial charge >= 0.3 is 0 Å². The van der Waals surface area contributed by atoms with Crippen molar-refractivity contribution in [3.8, 4) is 5.75 Å². The van der Waals surface area contributed by atoms with Crippen LogP contribution in [0.25, 0.3) is 11.1 Å². The Morgan fingerprint density at radius 1 is 1.24 bits per heavy atom. The quantitative estimate of drug-likeness (QED) is 0.745. The van der Waals surface area contributed by atoms with Crippen molar-refractivity contribution >= 4 is 22.8 Å². The number of benzene rings is 2. The van der Waals surface area contributed by atoms with Gasteiger partial charge in [0.25, 0.3) is 6.01 Å². The Morgan fingerprint density at radius 2 is 2.05 bits per heavy atom. The number of nitrogens with zero attached hydrogens (tertiary/aromatic N) is 2. The van der Waals surface area contributed by atoms with E-state index >= 15 is 0 Å². The molecule has 0 aliphatic heterocycles. The molecule has 2 aromatic carbocycles. The van der Waals surface area contributed by atoms with Crippen LogP contribution in [0.1, 0.15) is 5.56 Å². The first-order valence-corrected chi connectivity index (χ1v) is 6.66. The van der Waals surface area contributed by atoms with Gasteiger partial charge in [-0.2, -0.15) is 4.98 Å². The van der Waals surface area contributed by atoms with Gasteiger partial charge in [-0.05, 0) is 29.8 Å². The van der Waals surface area contributed by atoms with E-state index in [-0.39, 0.29) is 0 Å². The molecule has 1 heterocycles. The highest BCUT2D eigenvalue weighted by Gasteiger charge is 2.12. The second-order valence-corrected chi connectivity index (χ2v) is 4.90. The zero-order valence-corrected chi connectivity index (χ0v) is 12.0. The van der Waals surface area contributed by atoms with Crippen LogP contribution in [0.15, 0.2) is 46.9 Å². The van der Waals surface area contributed by atoms with Crippen molar-refractivity contribution in [2.45, 2.75) is 6.54 Å². The third-order valence-electron chi connectivity index (χ3n) is 3.32. The Morgan fingerprint density at radius 3 is 2.81 bits per heavy atom. The summed E-state index contributed by atoms with van der Waals surface area (Å²) >= 11 is 0. The second-order valence-electron chi connectivity index (χ2n) is 4.90. The van der Waals surface area contributed by atoms with Crippen molar-refractivity contribution in [3.05, 3.63) is 48.0 Å². The van der Waals surface area contributed by atoms with Gasteiger partial charge in [-0.15, -0.1) is 0 Å². The van der Waals surface area contributed by atoms with Crippen molar-refractivity contribution in [3.63, 3.8) is 0 Å². The van der Waals surface area contributed by atoms with E-state index in [4.69, 9.17) is 14.9 Å². The van der Waals surface area contributed by atoms with Crippen LogP contribution in [-0.2, 0) is 6.54 Å². The number of hydrogen-bond acceptors (Lipinski definition) is 5. The predicted octanol–water partition coefficient (Wildman–Crippen LogP) is 3.06. The summed E-state index contributed by atoms with van der Waals surface area (Å²) in [7, 11) is 3.59. The summed E-state index contributed by atoms with van der Waals surface area (Å²) in [4.78, 5) is 6.39. The first-order valence-electron chi connectivity index (χ1n) is 6.66. The van der Waals surface area contributed by atoms with Crippen LogP contribution < -0.4 is 15.4 Å². The normalized spacial score (nSPS) is 10.8. The molecule has 0 amide bonds. The molecule has 5 heteroatoms. The fraction of sp³-hybridized carbons (Fsp3) is 0.188. The molecule has 0 unspecified atom stereocenters. The zero-order valence-electron chi connectivity index (χ0n) is 12.0. The molecule has 0 spiro atoms. The monoisotopic (exact) mass is 283 g/mol. The number of methoxy groups -OCH3 is 1. The topological polar surface area (TPSA) is 64.5 Å². The Labute approximate surface area is 122 Å². The maximum atomic E-state index is 5.90. The molecule has 5 nitrogen and oxygen atoms in total. The highest BCUT2D eigenvalue weighted by molar-refractivity contribution is 5.86. The summed E-state index contributed by atoms with van der Waals surface area (Å²) in [6.07, 6.45) is 0. The van der Waals surface area contributed by atoms with E-state index in [0.29, 0.717) is 29.3 Å². The van der Waals surface area contributed by atoms with Crippen molar-refractivity contribution in [1.29, 1.82) is 0 Å². The lowest BCUT2D eigenvalue weighted by atomic mass is 10.2. The van der Waals surface area contributed by atoms with E-state index in [1.807, 2.05) is 54.4 Å². The van der Waals surface area contributed by atoms with Crippen LogP contribution in [0.5, 0.6) is 5.75 Å². The SMILES string of the molecule is COc1cccc(CN(C)c2nc3c(N)cccc3o2)c1. The molecule has 0 fully saturated rings. The fourth-order valence-electron chi connectivity index (χ4n) is 2.23. The predicted molar refractivity (Wildman–Crippen MR) is 83.5 cm³/mol. The van der Waals surface area contributed by atoms with Crippen LogP contribution in [0.2, 0.25) is 0 Å². The van der Waals surface area contributed by atoms with Gasteiger partial charge in [-0.25, -0.2) is 0 Å². The summed E-state index contributed by atoms with van der Waals surface area (Å²) in [5.74, 6) is 0.836. The molecule has 3 aromatic rings. The number of oxazole rings is 1. The van der Waals surface area contributed by atoms with Crippen LogP contribution in [-0.4, -0.2) is 19.1 Å². The standard InChI is InChI=1S/C16H17N3O2/c1-19(10-11-5-3-6-12(9-11)20-2)16-18-15-13(17)7-4-8-14(15)21-16/h3-9H,10,17H2,1-2H3. The minimum Gasteiger partial charge on any atom is -0.497 e. The van der Waals surface area contributed by atoms with Crippen LogP contribution in [0.4, 0.5) is 11.7 Å². The molecular formula is C16H17N3O2. The highest BCUT2D eigenvalue weighted by Crippen LogP contribution is 2.26. The molecule has 108 valence electrons. The number of fused-ring (bicyclic) bond motifs is 1. The molecule has 0 aliphatic carbocycles. The van der Waals surface area contributed by atoms with Crippen LogP contribution in [0, 0.1) is 0 Å². The summed E-state index contributed by atoms with van der Waals surface area (Å²) in [6.45, 7) is 0.671. The van der Waals surface area contributed by atoms with Gasteiger partial charge in [0.2, 0.25) is 0 Å². The largest absolute Gasteiger partial charge is 0.497 e. The molecule has 0 saturated heterocycles. The molecule has 0 bridgehead atoms. The Hall–Kier alpha value is -2.69. The van der Waals surface area contributed by atoms with Crippen molar-refractivity contribution in [1.82, 2.24) is 4.98 Å². The average Bonchev–Trinajstić information content (AvgIpc) is 2.93. The Kier molecular flexibility index (Phi) is 3.39. The number of para-hydroxylation sites is 1. The average molecular weight is 283 g/mol. The molecule has 0 saturated carbocycles. The number of ether oxygens (including phenoxy) is 1. The number of nitrogen functional groups attached to an aromatic ring is 1. The molecule has 0 aliphatic rings. The number of aromatic nitrogens is 1. The smallest absolute Gasteiger partial charge is 0.298 e. The number of rotatable bonds is 4. The van der Waals surface area contributed by atoms with Gasteiger partial charge in [0.05, 0.1) is 12.8 Å². The maximum absolute atomic E-state index is 5.90. The summed E-state index contributed by atoms with van der Waals surface area (Å²) in [5.41, 5.74) is 9.04. The summed E-state index contributed by atoms with van der Waals surface area (Å²) in [5, 5.41) is 0. The van der Waals surface area contributed by atoms with Crippen molar-refractivity contribution in [2.24, 2.45) is 0 Å². The number of anilines is 2. The van der Waals surface area contributed by atoms with E-state index in [0.717, 1.165) is 11.3 Å². The molecule has 2 N–H and O–H groups in total. The van der Waals surface area contributed by atoms with E-state index in [2.05, 4.69) is 4.98 Å². The molecular weight excluding hydrogens is 266 g/mol. The number of hydrogen-bond donors (Lipinski definition) is 1. The lowest BCUT2D eigenvalue weighted by molar-refractivity contribution is 0.414. The molecule has 21 heavy (non-hydrogen) atoms. The number of nitrogens with two attached hydrogens (primary N) is 1. The van der Waals surface area contributed by atoms with Gasteiger partial charge in [-0.1, -0.05) is 18.2 Å². The van der Waals surface area contributed by atoms with Crippen molar-refractivity contribution in [2.75, 3.05) is 24.8 Å². The molecule has 1 aromatic heterocycles. The van der Waals surface area contributed by atoms with E-state index < -0.39 is 0 Å². The third kappa shape index (κ3) is 2.63. The lowest BCUT2D eigenvalue weighted by Crippen LogP contribution is -2.16. The first kappa shape index (κ1) is 13.3. The van der Waals surface area contributed by atoms with E-state index in [9.17, 15) is 0 Å². The second kappa shape index (κ2) is 5.36. The van der Waals surface area contributed by atoms with E-state index in [1.165, 1.54) is 0 Å². The first-order chi connectivity index (χ1) is 10.2. The third-order valence-corrected chi connectivity index (χ3v) is 3.32. The summed E-state index contributed by atoms with van der Waals surface area (Å²) in [6, 6.07) is 14.0. The van der Waals surface area contributed by atoms with Crippen molar-refractivity contribution < 1.29 is 9.15 Å².